The Balaban J connectivity index is 1.65. The van der Waals surface area contributed by atoms with Gasteiger partial charge < -0.3 is 10.6 Å². The van der Waals surface area contributed by atoms with E-state index in [9.17, 15) is 4.79 Å². The fraction of sp³-hybridized carbons (Fsp3) is 0.562. The summed E-state index contributed by atoms with van der Waals surface area (Å²) in [6, 6.07) is 10.0. The zero-order chi connectivity index (χ0) is 14.2. The predicted molar refractivity (Wildman–Crippen MR) is 81.4 cm³/mol. The van der Waals surface area contributed by atoms with Crippen molar-refractivity contribution in [2.45, 2.75) is 19.4 Å². The fourth-order valence-corrected chi connectivity index (χ4v) is 2.68. The third-order valence-corrected chi connectivity index (χ3v) is 3.71. The molecule has 0 saturated carbocycles. The summed E-state index contributed by atoms with van der Waals surface area (Å²) in [5.74, 6) is 0.774. The molecule has 1 fully saturated rings. The maximum Gasteiger partial charge on any atom is 0.234 e. The van der Waals surface area contributed by atoms with Crippen molar-refractivity contribution in [2.24, 2.45) is 5.92 Å². The standard InChI is InChI=1S/C16H25N3O/c1-19(12-15-8-5-9-17-10-15)13-16(20)18-11-14-6-3-2-4-7-14/h2-4,6-7,15,17H,5,8-13H2,1H3,(H,18,20). The van der Waals surface area contributed by atoms with Gasteiger partial charge in [-0.1, -0.05) is 30.3 Å². The number of hydrogen-bond donors (Lipinski definition) is 2. The maximum atomic E-state index is 11.9. The van der Waals surface area contributed by atoms with Crippen LogP contribution in [0.25, 0.3) is 0 Å². The minimum atomic E-state index is 0.0973. The van der Waals surface area contributed by atoms with Gasteiger partial charge in [-0.3, -0.25) is 9.69 Å². The van der Waals surface area contributed by atoms with Crippen LogP contribution >= 0.6 is 0 Å². The lowest BCUT2D eigenvalue weighted by Gasteiger charge is -2.27. The number of nitrogens with zero attached hydrogens (tertiary/aromatic N) is 1. The topological polar surface area (TPSA) is 44.4 Å². The summed E-state index contributed by atoms with van der Waals surface area (Å²) >= 11 is 0. The van der Waals surface area contributed by atoms with Gasteiger partial charge in [-0.05, 0) is 44.5 Å². The van der Waals surface area contributed by atoms with Crippen LogP contribution in [0.2, 0.25) is 0 Å². The number of nitrogens with one attached hydrogen (secondary N) is 2. The van der Waals surface area contributed by atoms with Gasteiger partial charge in [-0.25, -0.2) is 0 Å². The number of carbonyl (C=O) groups excluding carboxylic acids is 1. The monoisotopic (exact) mass is 275 g/mol. The molecule has 1 aromatic rings. The van der Waals surface area contributed by atoms with E-state index in [4.69, 9.17) is 0 Å². The number of benzene rings is 1. The van der Waals surface area contributed by atoms with Crippen molar-refractivity contribution in [3.05, 3.63) is 35.9 Å². The Morgan fingerprint density at radius 2 is 2.20 bits per heavy atom. The van der Waals surface area contributed by atoms with E-state index in [1.807, 2.05) is 37.4 Å². The van der Waals surface area contributed by atoms with Crippen molar-refractivity contribution in [1.82, 2.24) is 15.5 Å². The molecule has 1 saturated heterocycles. The third kappa shape index (κ3) is 5.31. The maximum absolute atomic E-state index is 11.9. The van der Waals surface area contributed by atoms with Crippen LogP contribution in [0, 0.1) is 5.92 Å². The molecule has 20 heavy (non-hydrogen) atoms. The minimum Gasteiger partial charge on any atom is -0.351 e. The van der Waals surface area contributed by atoms with Crippen LogP contribution in [0.1, 0.15) is 18.4 Å². The molecule has 0 radical (unpaired) electrons. The van der Waals surface area contributed by atoms with E-state index in [1.165, 1.54) is 12.8 Å². The first-order valence-electron chi connectivity index (χ1n) is 7.44. The predicted octanol–water partition coefficient (Wildman–Crippen LogP) is 1.23. The highest BCUT2D eigenvalue weighted by molar-refractivity contribution is 5.77. The van der Waals surface area contributed by atoms with E-state index in [0.29, 0.717) is 19.0 Å². The summed E-state index contributed by atoms with van der Waals surface area (Å²) in [5, 5.41) is 6.38. The molecular weight excluding hydrogens is 250 g/mol. The lowest BCUT2D eigenvalue weighted by atomic mass is 9.99. The Hall–Kier alpha value is -1.39. The summed E-state index contributed by atoms with van der Waals surface area (Å²) in [5.41, 5.74) is 1.14. The third-order valence-electron chi connectivity index (χ3n) is 3.71. The number of piperidine rings is 1. The molecule has 1 atom stereocenters. The Labute approximate surface area is 121 Å². The Morgan fingerprint density at radius 3 is 2.90 bits per heavy atom. The minimum absolute atomic E-state index is 0.0973. The SMILES string of the molecule is CN(CC(=O)NCc1ccccc1)CC1CCCNC1. The van der Waals surface area contributed by atoms with Crippen molar-refractivity contribution >= 4 is 5.91 Å². The lowest BCUT2D eigenvalue weighted by molar-refractivity contribution is -0.122. The van der Waals surface area contributed by atoms with Crippen molar-refractivity contribution in [3.8, 4) is 0 Å². The average Bonchev–Trinajstić information content (AvgIpc) is 2.47. The van der Waals surface area contributed by atoms with E-state index in [2.05, 4.69) is 15.5 Å². The van der Waals surface area contributed by atoms with Gasteiger partial charge in [0.15, 0.2) is 0 Å². The molecule has 1 aromatic carbocycles. The van der Waals surface area contributed by atoms with Crippen LogP contribution in [0.5, 0.6) is 0 Å². The second kappa shape index (κ2) is 8.02. The second-order valence-corrected chi connectivity index (χ2v) is 5.67. The first kappa shape index (κ1) is 15.0. The highest BCUT2D eigenvalue weighted by atomic mass is 16.2. The molecule has 0 aliphatic carbocycles. The van der Waals surface area contributed by atoms with E-state index >= 15 is 0 Å². The summed E-state index contributed by atoms with van der Waals surface area (Å²) < 4.78 is 0. The lowest BCUT2D eigenvalue weighted by Crippen LogP contribution is -2.41. The number of amides is 1. The summed E-state index contributed by atoms with van der Waals surface area (Å²) in [6.07, 6.45) is 2.52. The largest absolute Gasteiger partial charge is 0.351 e. The molecular formula is C16H25N3O. The molecule has 1 amide bonds. The van der Waals surface area contributed by atoms with Crippen LogP contribution in [0.4, 0.5) is 0 Å². The highest BCUT2D eigenvalue weighted by Crippen LogP contribution is 2.10. The molecule has 4 heteroatoms. The van der Waals surface area contributed by atoms with Crippen molar-refractivity contribution < 1.29 is 4.79 Å². The smallest absolute Gasteiger partial charge is 0.234 e. The molecule has 0 spiro atoms. The molecule has 110 valence electrons. The number of carbonyl (C=O) groups is 1. The first-order valence-corrected chi connectivity index (χ1v) is 7.44. The number of hydrogen-bond acceptors (Lipinski definition) is 3. The van der Waals surface area contributed by atoms with E-state index in [-0.39, 0.29) is 5.91 Å². The van der Waals surface area contributed by atoms with Crippen LogP contribution in [-0.4, -0.2) is 44.0 Å². The summed E-state index contributed by atoms with van der Waals surface area (Å²) in [7, 11) is 2.02. The Morgan fingerprint density at radius 1 is 1.40 bits per heavy atom. The van der Waals surface area contributed by atoms with E-state index < -0.39 is 0 Å². The molecule has 1 unspecified atom stereocenters. The second-order valence-electron chi connectivity index (χ2n) is 5.67. The van der Waals surface area contributed by atoms with Gasteiger partial charge in [0, 0.05) is 13.1 Å². The van der Waals surface area contributed by atoms with Crippen LogP contribution in [-0.2, 0) is 11.3 Å². The molecule has 1 heterocycles. The molecule has 1 aliphatic heterocycles. The zero-order valence-corrected chi connectivity index (χ0v) is 12.3. The first-order chi connectivity index (χ1) is 9.74. The molecule has 4 nitrogen and oxygen atoms in total. The van der Waals surface area contributed by atoms with Crippen molar-refractivity contribution in [1.29, 1.82) is 0 Å². The van der Waals surface area contributed by atoms with Crippen LogP contribution < -0.4 is 10.6 Å². The normalized spacial score (nSPS) is 19.0. The fourth-order valence-electron chi connectivity index (χ4n) is 2.68. The summed E-state index contributed by atoms with van der Waals surface area (Å²) in [6.45, 7) is 4.29. The van der Waals surface area contributed by atoms with Gasteiger partial charge in [0.05, 0.1) is 6.54 Å². The van der Waals surface area contributed by atoms with Gasteiger partial charge in [0.25, 0.3) is 0 Å². The van der Waals surface area contributed by atoms with Crippen LogP contribution in [0.3, 0.4) is 0 Å². The molecule has 2 N–H and O–H groups in total. The number of rotatable bonds is 6. The van der Waals surface area contributed by atoms with Crippen LogP contribution in [0.15, 0.2) is 30.3 Å². The van der Waals surface area contributed by atoms with Gasteiger partial charge in [0.1, 0.15) is 0 Å². The zero-order valence-electron chi connectivity index (χ0n) is 12.3. The molecule has 0 aromatic heterocycles. The van der Waals surface area contributed by atoms with Crippen molar-refractivity contribution in [2.75, 3.05) is 33.2 Å². The summed E-state index contributed by atoms with van der Waals surface area (Å²) in [4.78, 5) is 14.0. The van der Waals surface area contributed by atoms with E-state index in [1.54, 1.807) is 0 Å². The molecule has 2 rings (SSSR count). The Bertz CT molecular complexity index is 401. The van der Waals surface area contributed by atoms with E-state index in [0.717, 1.165) is 25.2 Å². The van der Waals surface area contributed by atoms with Gasteiger partial charge in [-0.2, -0.15) is 0 Å². The average molecular weight is 275 g/mol. The quantitative estimate of drug-likeness (QED) is 0.821. The van der Waals surface area contributed by atoms with Crippen molar-refractivity contribution in [3.63, 3.8) is 0 Å². The van der Waals surface area contributed by atoms with Gasteiger partial charge >= 0.3 is 0 Å². The van der Waals surface area contributed by atoms with Gasteiger partial charge in [-0.15, -0.1) is 0 Å². The molecule has 0 bridgehead atoms. The molecule has 1 aliphatic rings. The Kier molecular flexibility index (Phi) is 6.02. The van der Waals surface area contributed by atoms with Gasteiger partial charge in [0.2, 0.25) is 5.91 Å². The number of likely N-dealkylation sites (N-methyl/N-ethyl adjacent to an activating group) is 1. The highest BCUT2D eigenvalue weighted by Gasteiger charge is 2.16.